The molecule has 4 heteroatoms. The quantitative estimate of drug-likeness (QED) is 0.850. The molecule has 1 heterocycles. The van der Waals surface area contributed by atoms with E-state index >= 15 is 0 Å². The molecule has 0 aromatic heterocycles. The zero-order chi connectivity index (χ0) is 11.5. The molecular weight excluding hydrogens is 224 g/mol. The zero-order valence-electron chi connectivity index (χ0n) is 9.24. The first-order valence-electron chi connectivity index (χ1n) is 5.43. The summed E-state index contributed by atoms with van der Waals surface area (Å²) in [6, 6.07) is 7.69. The number of nitrogens with one attached hydrogen (secondary N) is 1. The van der Waals surface area contributed by atoms with Crippen LogP contribution in [0.25, 0.3) is 0 Å². The van der Waals surface area contributed by atoms with Crippen LogP contribution in [0.3, 0.4) is 0 Å². The fourth-order valence-corrected chi connectivity index (χ4v) is 2.09. The molecule has 3 nitrogen and oxygen atoms in total. The van der Waals surface area contributed by atoms with Gasteiger partial charge in [0.05, 0.1) is 6.04 Å². The van der Waals surface area contributed by atoms with Gasteiger partial charge in [0.15, 0.2) is 0 Å². The van der Waals surface area contributed by atoms with E-state index in [2.05, 4.69) is 10.2 Å². The van der Waals surface area contributed by atoms with Crippen molar-refractivity contribution in [1.82, 2.24) is 10.2 Å². The number of rotatable bonds is 2. The number of piperazine rings is 1. The van der Waals surface area contributed by atoms with Gasteiger partial charge in [0.2, 0.25) is 5.91 Å². The molecule has 1 saturated heterocycles. The minimum atomic E-state index is -0.0787. The molecule has 1 unspecified atom stereocenters. The summed E-state index contributed by atoms with van der Waals surface area (Å²) in [5, 5.41) is 3.61. The smallest absolute Gasteiger partial charge is 0.237 e. The number of carbonyl (C=O) groups excluding carboxylic acids is 1. The number of carbonyl (C=O) groups is 1. The first kappa shape index (κ1) is 11.4. The molecule has 1 N–H and O–H groups in total. The van der Waals surface area contributed by atoms with Crippen LogP contribution in [0.4, 0.5) is 0 Å². The van der Waals surface area contributed by atoms with Crippen molar-refractivity contribution in [1.29, 1.82) is 0 Å². The van der Waals surface area contributed by atoms with E-state index in [1.807, 2.05) is 31.2 Å². The summed E-state index contributed by atoms with van der Waals surface area (Å²) in [6.45, 7) is 4.24. The van der Waals surface area contributed by atoms with Gasteiger partial charge >= 0.3 is 0 Å². The highest BCUT2D eigenvalue weighted by Gasteiger charge is 2.25. The van der Waals surface area contributed by atoms with Gasteiger partial charge in [-0.15, -0.1) is 0 Å². The molecule has 1 atom stereocenters. The van der Waals surface area contributed by atoms with Crippen LogP contribution in [0.15, 0.2) is 24.3 Å². The van der Waals surface area contributed by atoms with Gasteiger partial charge in [-0.1, -0.05) is 29.8 Å². The van der Waals surface area contributed by atoms with Gasteiger partial charge in [0.25, 0.3) is 0 Å². The number of halogens is 1. The Kier molecular flexibility index (Phi) is 3.46. The maximum atomic E-state index is 11.5. The fourth-order valence-electron chi connectivity index (χ4n) is 1.89. The van der Waals surface area contributed by atoms with Crippen LogP contribution < -0.4 is 5.32 Å². The van der Waals surface area contributed by atoms with E-state index in [4.69, 9.17) is 11.6 Å². The summed E-state index contributed by atoms with van der Waals surface area (Å²) in [5.74, 6) is 0.0957. The molecule has 0 saturated carbocycles. The molecule has 1 amide bonds. The molecule has 0 bridgehead atoms. The van der Waals surface area contributed by atoms with Crippen LogP contribution in [0.5, 0.6) is 0 Å². The van der Waals surface area contributed by atoms with Gasteiger partial charge in [0.1, 0.15) is 0 Å². The largest absolute Gasteiger partial charge is 0.353 e. The first-order valence-corrected chi connectivity index (χ1v) is 5.81. The molecule has 2 rings (SSSR count). The predicted octanol–water partition coefficient (Wildman–Crippen LogP) is 1.66. The molecule has 16 heavy (non-hydrogen) atoms. The minimum absolute atomic E-state index is 0.0787. The summed E-state index contributed by atoms with van der Waals surface area (Å²) < 4.78 is 0. The van der Waals surface area contributed by atoms with E-state index in [1.54, 1.807) is 0 Å². The lowest BCUT2D eigenvalue weighted by Crippen LogP contribution is -2.53. The SMILES string of the molecule is CC1C(=O)NCCN1Cc1ccccc1Cl. The van der Waals surface area contributed by atoms with Crippen LogP contribution >= 0.6 is 11.6 Å². The van der Waals surface area contributed by atoms with Crippen molar-refractivity contribution in [3.05, 3.63) is 34.9 Å². The van der Waals surface area contributed by atoms with E-state index in [1.165, 1.54) is 0 Å². The third-order valence-corrected chi connectivity index (χ3v) is 3.33. The second kappa shape index (κ2) is 4.85. The molecule has 1 aromatic carbocycles. The Labute approximate surface area is 100 Å². The Hall–Kier alpha value is -1.06. The highest BCUT2D eigenvalue weighted by Crippen LogP contribution is 2.18. The average Bonchev–Trinajstić information content (AvgIpc) is 2.28. The van der Waals surface area contributed by atoms with Crippen molar-refractivity contribution in [2.24, 2.45) is 0 Å². The van der Waals surface area contributed by atoms with Gasteiger partial charge in [-0.05, 0) is 18.6 Å². The number of benzene rings is 1. The Bertz CT molecular complexity index is 394. The molecule has 0 radical (unpaired) electrons. The molecule has 1 aliphatic rings. The zero-order valence-corrected chi connectivity index (χ0v) is 10.00. The maximum absolute atomic E-state index is 11.5. The van der Waals surface area contributed by atoms with Crippen LogP contribution in [-0.4, -0.2) is 29.9 Å². The molecular formula is C12H15ClN2O. The molecule has 86 valence electrons. The Morgan fingerprint density at radius 3 is 3.00 bits per heavy atom. The van der Waals surface area contributed by atoms with Gasteiger partial charge in [-0.3, -0.25) is 9.69 Å². The number of nitrogens with zero attached hydrogens (tertiary/aromatic N) is 1. The lowest BCUT2D eigenvalue weighted by atomic mass is 10.1. The van der Waals surface area contributed by atoms with Gasteiger partial charge in [-0.2, -0.15) is 0 Å². The van der Waals surface area contributed by atoms with Gasteiger partial charge in [-0.25, -0.2) is 0 Å². The lowest BCUT2D eigenvalue weighted by molar-refractivity contribution is -0.128. The Morgan fingerprint density at radius 1 is 1.50 bits per heavy atom. The van der Waals surface area contributed by atoms with Crippen LogP contribution in [0.1, 0.15) is 12.5 Å². The summed E-state index contributed by atoms with van der Waals surface area (Å²) in [5.41, 5.74) is 1.07. The van der Waals surface area contributed by atoms with Crippen LogP contribution in [0.2, 0.25) is 5.02 Å². The van der Waals surface area contributed by atoms with Crippen molar-refractivity contribution in [2.75, 3.05) is 13.1 Å². The second-order valence-corrected chi connectivity index (χ2v) is 4.44. The molecule has 0 aliphatic carbocycles. The van der Waals surface area contributed by atoms with Crippen molar-refractivity contribution in [3.8, 4) is 0 Å². The van der Waals surface area contributed by atoms with Gasteiger partial charge in [0, 0.05) is 24.7 Å². The standard InChI is InChI=1S/C12H15ClN2O/c1-9-12(16)14-6-7-15(9)8-10-4-2-3-5-11(10)13/h2-5,9H,6-8H2,1H3,(H,14,16). The lowest BCUT2D eigenvalue weighted by Gasteiger charge is -2.32. The van der Waals surface area contributed by atoms with Crippen LogP contribution in [0, 0.1) is 0 Å². The minimum Gasteiger partial charge on any atom is -0.353 e. The summed E-state index contributed by atoms with van der Waals surface area (Å²) in [4.78, 5) is 13.6. The highest BCUT2D eigenvalue weighted by atomic mass is 35.5. The molecule has 1 aromatic rings. The van der Waals surface area contributed by atoms with E-state index in [9.17, 15) is 4.79 Å². The van der Waals surface area contributed by atoms with Crippen LogP contribution in [-0.2, 0) is 11.3 Å². The fraction of sp³-hybridized carbons (Fsp3) is 0.417. The number of hydrogen-bond acceptors (Lipinski definition) is 2. The summed E-state index contributed by atoms with van der Waals surface area (Å²) in [7, 11) is 0. The predicted molar refractivity (Wildman–Crippen MR) is 64.3 cm³/mol. The monoisotopic (exact) mass is 238 g/mol. The topological polar surface area (TPSA) is 32.3 Å². The van der Waals surface area contributed by atoms with Crippen molar-refractivity contribution in [3.63, 3.8) is 0 Å². The van der Waals surface area contributed by atoms with E-state index in [0.29, 0.717) is 6.54 Å². The summed E-state index contributed by atoms with van der Waals surface area (Å²) >= 11 is 6.10. The van der Waals surface area contributed by atoms with E-state index < -0.39 is 0 Å². The normalized spacial score (nSPS) is 21.9. The highest BCUT2D eigenvalue weighted by molar-refractivity contribution is 6.31. The third kappa shape index (κ3) is 2.36. The summed E-state index contributed by atoms with van der Waals surface area (Å²) in [6.07, 6.45) is 0. The molecule has 1 fully saturated rings. The first-order chi connectivity index (χ1) is 7.68. The average molecular weight is 239 g/mol. The maximum Gasteiger partial charge on any atom is 0.237 e. The van der Waals surface area contributed by atoms with Crippen molar-refractivity contribution < 1.29 is 4.79 Å². The second-order valence-electron chi connectivity index (χ2n) is 4.03. The third-order valence-electron chi connectivity index (χ3n) is 2.96. The van der Waals surface area contributed by atoms with Crippen molar-refractivity contribution in [2.45, 2.75) is 19.5 Å². The van der Waals surface area contributed by atoms with E-state index in [-0.39, 0.29) is 11.9 Å². The number of hydrogen-bond donors (Lipinski definition) is 1. The Balaban J connectivity index is 2.09. The Morgan fingerprint density at radius 2 is 2.25 bits per heavy atom. The molecule has 1 aliphatic heterocycles. The number of amides is 1. The van der Waals surface area contributed by atoms with Gasteiger partial charge < -0.3 is 5.32 Å². The molecule has 0 spiro atoms. The van der Waals surface area contributed by atoms with Crippen molar-refractivity contribution >= 4 is 17.5 Å². The van der Waals surface area contributed by atoms with E-state index in [0.717, 1.165) is 23.7 Å².